The topological polar surface area (TPSA) is 92.4 Å². The van der Waals surface area contributed by atoms with Crippen LogP contribution in [0, 0.1) is 0 Å². The number of aromatic nitrogens is 2. The Hall–Kier alpha value is -2.89. The summed E-state index contributed by atoms with van der Waals surface area (Å²) < 4.78 is 1.51. The molecule has 0 aliphatic heterocycles. The number of hydrogen-bond acceptors (Lipinski definition) is 3. The zero-order valence-electron chi connectivity index (χ0n) is 11.1. The van der Waals surface area contributed by atoms with Gasteiger partial charge in [-0.15, -0.1) is 0 Å². The van der Waals surface area contributed by atoms with Crippen LogP contribution in [0.1, 0.15) is 12.0 Å². The zero-order valence-corrected chi connectivity index (χ0v) is 11.1. The number of aliphatic carboxylic acids is 2. The van der Waals surface area contributed by atoms with Gasteiger partial charge >= 0.3 is 11.9 Å². The van der Waals surface area contributed by atoms with Gasteiger partial charge in [0.15, 0.2) is 0 Å². The lowest BCUT2D eigenvalue weighted by molar-refractivity contribution is -0.137. The third kappa shape index (κ3) is 4.04. The smallest absolute Gasteiger partial charge is 0.328 e. The van der Waals surface area contributed by atoms with Crippen LogP contribution in [-0.2, 0) is 16.1 Å². The molecule has 2 aromatic rings. The summed E-state index contributed by atoms with van der Waals surface area (Å²) in [6.07, 6.45) is 4.09. The van der Waals surface area contributed by atoms with Crippen molar-refractivity contribution in [1.82, 2.24) is 9.78 Å². The van der Waals surface area contributed by atoms with Gasteiger partial charge in [-0.05, 0) is 6.08 Å². The summed E-state index contributed by atoms with van der Waals surface area (Å²) in [4.78, 5) is 21.3. The van der Waals surface area contributed by atoms with Crippen LogP contribution in [0.3, 0.4) is 0 Å². The van der Waals surface area contributed by atoms with Crippen LogP contribution in [0.25, 0.3) is 17.3 Å². The quantitative estimate of drug-likeness (QED) is 0.793. The van der Waals surface area contributed by atoms with Crippen molar-refractivity contribution in [2.24, 2.45) is 0 Å². The number of nitrogens with zero attached hydrogens (tertiary/aromatic N) is 2. The predicted octanol–water partition coefficient (Wildman–Crippen LogP) is 2.12. The number of carboxylic acids is 2. The largest absolute Gasteiger partial charge is 0.481 e. The van der Waals surface area contributed by atoms with E-state index < -0.39 is 11.9 Å². The van der Waals surface area contributed by atoms with Crippen molar-refractivity contribution >= 4 is 18.0 Å². The summed E-state index contributed by atoms with van der Waals surface area (Å²) in [6, 6.07) is 9.31. The van der Waals surface area contributed by atoms with E-state index in [1.165, 1.54) is 10.8 Å². The molecule has 0 saturated heterocycles. The molecule has 0 saturated carbocycles. The zero-order chi connectivity index (χ0) is 15.2. The van der Waals surface area contributed by atoms with Gasteiger partial charge in [-0.3, -0.25) is 9.48 Å². The van der Waals surface area contributed by atoms with Crippen molar-refractivity contribution in [3.05, 3.63) is 48.2 Å². The van der Waals surface area contributed by atoms with Gasteiger partial charge in [0.05, 0.1) is 18.7 Å². The Morgan fingerprint density at radius 2 is 1.90 bits per heavy atom. The molecule has 0 atom stereocenters. The van der Waals surface area contributed by atoms with E-state index in [1.807, 2.05) is 30.3 Å². The van der Waals surface area contributed by atoms with Gasteiger partial charge in [0.1, 0.15) is 0 Å². The minimum atomic E-state index is -1.05. The van der Waals surface area contributed by atoms with E-state index in [4.69, 9.17) is 10.2 Å². The van der Waals surface area contributed by atoms with E-state index in [0.29, 0.717) is 11.3 Å². The average Bonchev–Trinajstić information content (AvgIpc) is 2.87. The minimum absolute atomic E-state index is 0.0437. The lowest BCUT2D eigenvalue weighted by Gasteiger charge is -1.98. The second-order valence-electron chi connectivity index (χ2n) is 4.38. The fourth-order valence-corrected chi connectivity index (χ4v) is 1.86. The summed E-state index contributed by atoms with van der Waals surface area (Å²) in [5, 5.41) is 21.8. The number of benzene rings is 1. The molecular formula is C15H14N2O4. The van der Waals surface area contributed by atoms with Gasteiger partial charge in [0, 0.05) is 23.4 Å². The standard InChI is InChI=1S/C15H14N2O4/c18-13(19)7-6-12-10-17(9-8-14(20)21)16-15(12)11-4-2-1-3-5-11/h1-7,10H,8-9H2,(H,18,19)(H,20,21)/b7-6+. The fraction of sp³-hybridized carbons (Fsp3) is 0.133. The fourth-order valence-electron chi connectivity index (χ4n) is 1.86. The number of aryl methyl sites for hydroxylation is 1. The molecule has 0 fully saturated rings. The Labute approximate surface area is 121 Å². The predicted molar refractivity (Wildman–Crippen MR) is 76.6 cm³/mol. The first kappa shape index (κ1) is 14.5. The highest BCUT2D eigenvalue weighted by Crippen LogP contribution is 2.23. The molecular weight excluding hydrogens is 272 g/mol. The molecule has 6 nitrogen and oxygen atoms in total. The lowest BCUT2D eigenvalue weighted by atomic mass is 10.1. The lowest BCUT2D eigenvalue weighted by Crippen LogP contribution is -2.04. The van der Waals surface area contributed by atoms with E-state index in [-0.39, 0.29) is 13.0 Å². The number of carboxylic acid groups (broad SMARTS) is 2. The maximum absolute atomic E-state index is 10.7. The molecule has 0 radical (unpaired) electrons. The van der Waals surface area contributed by atoms with Crippen LogP contribution in [0.2, 0.25) is 0 Å². The molecule has 0 unspecified atom stereocenters. The Morgan fingerprint density at radius 1 is 1.19 bits per heavy atom. The van der Waals surface area contributed by atoms with Gasteiger partial charge in [-0.2, -0.15) is 5.10 Å². The normalized spacial score (nSPS) is 10.9. The number of hydrogen-bond donors (Lipinski definition) is 2. The van der Waals surface area contributed by atoms with Crippen molar-refractivity contribution in [2.75, 3.05) is 0 Å². The van der Waals surface area contributed by atoms with Crippen LogP contribution in [0.5, 0.6) is 0 Å². The molecule has 0 aliphatic carbocycles. The second kappa shape index (κ2) is 6.51. The van der Waals surface area contributed by atoms with Crippen molar-refractivity contribution in [2.45, 2.75) is 13.0 Å². The minimum Gasteiger partial charge on any atom is -0.481 e. The first-order valence-electron chi connectivity index (χ1n) is 6.32. The highest BCUT2D eigenvalue weighted by Gasteiger charge is 2.10. The molecule has 1 aromatic heterocycles. The van der Waals surface area contributed by atoms with E-state index in [0.717, 1.165) is 11.6 Å². The number of rotatable bonds is 6. The Balaban J connectivity index is 2.36. The molecule has 0 aliphatic rings. The first-order chi connectivity index (χ1) is 10.1. The Bertz CT molecular complexity index is 674. The van der Waals surface area contributed by atoms with E-state index >= 15 is 0 Å². The van der Waals surface area contributed by atoms with Crippen LogP contribution >= 0.6 is 0 Å². The van der Waals surface area contributed by atoms with E-state index in [2.05, 4.69) is 5.10 Å². The van der Waals surface area contributed by atoms with E-state index in [1.54, 1.807) is 6.20 Å². The highest BCUT2D eigenvalue weighted by atomic mass is 16.4. The maximum Gasteiger partial charge on any atom is 0.328 e. The highest BCUT2D eigenvalue weighted by molar-refractivity contribution is 5.87. The molecule has 6 heteroatoms. The first-order valence-corrected chi connectivity index (χ1v) is 6.32. The van der Waals surface area contributed by atoms with Crippen LogP contribution in [-0.4, -0.2) is 31.9 Å². The third-order valence-electron chi connectivity index (χ3n) is 2.80. The summed E-state index contributed by atoms with van der Waals surface area (Å²) >= 11 is 0. The van der Waals surface area contributed by atoms with Crippen molar-refractivity contribution < 1.29 is 19.8 Å². The van der Waals surface area contributed by atoms with Crippen molar-refractivity contribution in [1.29, 1.82) is 0 Å². The second-order valence-corrected chi connectivity index (χ2v) is 4.38. The van der Waals surface area contributed by atoms with Gasteiger partial charge in [0.25, 0.3) is 0 Å². The Morgan fingerprint density at radius 3 is 2.52 bits per heavy atom. The molecule has 0 bridgehead atoms. The SMILES string of the molecule is O=C(O)/C=C/c1cn(CCC(=O)O)nc1-c1ccccc1. The molecule has 108 valence electrons. The third-order valence-corrected chi connectivity index (χ3v) is 2.80. The molecule has 21 heavy (non-hydrogen) atoms. The average molecular weight is 286 g/mol. The molecule has 0 spiro atoms. The van der Waals surface area contributed by atoms with E-state index in [9.17, 15) is 9.59 Å². The monoisotopic (exact) mass is 286 g/mol. The van der Waals surface area contributed by atoms with Gasteiger partial charge in [-0.25, -0.2) is 4.79 Å². The molecule has 1 heterocycles. The van der Waals surface area contributed by atoms with Gasteiger partial charge in [-0.1, -0.05) is 30.3 Å². The summed E-state index contributed by atoms with van der Waals surface area (Å²) in [5.74, 6) is -1.96. The van der Waals surface area contributed by atoms with Crippen molar-refractivity contribution in [3.63, 3.8) is 0 Å². The molecule has 1 aromatic carbocycles. The Kier molecular flexibility index (Phi) is 4.50. The molecule has 2 rings (SSSR count). The number of carbonyl (C=O) groups is 2. The maximum atomic E-state index is 10.7. The van der Waals surface area contributed by atoms with Crippen LogP contribution < -0.4 is 0 Å². The van der Waals surface area contributed by atoms with Crippen molar-refractivity contribution in [3.8, 4) is 11.3 Å². The van der Waals surface area contributed by atoms with Gasteiger partial charge in [0.2, 0.25) is 0 Å². The van der Waals surface area contributed by atoms with Gasteiger partial charge < -0.3 is 10.2 Å². The molecule has 0 amide bonds. The molecule has 2 N–H and O–H groups in total. The van der Waals surface area contributed by atoms with Crippen LogP contribution in [0.4, 0.5) is 0 Å². The van der Waals surface area contributed by atoms with Crippen LogP contribution in [0.15, 0.2) is 42.6 Å². The summed E-state index contributed by atoms with van der Waals surface area (Å²) in [7, 11) is 0. The summed E-state index contributed by atoms with van der Waals surface area (Å²) in [6.45, 7) is 0.232. The summed E-state index contributed by atoms with van der Waals surface area (Å²) in [5.41, 5.74) is 2.10.